The lowest BCUT2D eigenvalue weighted by Crippen LogP contribution is -2.44. The summed E-state index contributed by atoms with van der Waals surface area (Å²) in [6.07, 6.45) is -0.597. The van der Waals surface area contributed by atoms with E-state index in [9.17, 15) is 19.5 Å². The summed E-state index contributed by atoms with van der Waals surface area (Å²) in [6, 6.07) is 13.6. The molecule has 0 radical (unpaired) electrons. The maximum Gasteiger partial charge on any atom is 0.323 e. The molecule has 25 heavy (non-hydrogen) atoms. The third kappa shape index (κ3) is 3.24. The van der Waals surface area contributed by atoms with Crippen LogP contribution in [0.15, 0.2) is 48.5 Å². The van der Waals surface area contributed by atoms with Crippen LogP contribution in [-0.4, -0.2) is 29.3 Å². The maximum absolute atomic E-state index is 12.8. The SMILES string of the molecule is CCC(=O)c1ccc2c(c1)N(CC(=O)O)C(=O)C(c1ccccc1)O2. The van der Waals surface area contributed by atoms with E-state index >= 15 is 0 Å². The molecule has 1 N–H and O–H groups in total. The molecule has 1 unspecified atom stereocenters. The zero-order valence-corrected chi connectivity index (χ0v) is 13.6. The highest BCUT2D eigenvalue weighted by Gasteiger charge is 2.36. The Morgan fingerprint density at radius 1 is 1.16 bits per heavy atom. The molecule has 2 aromatic rings. The number of Topliss-reactive ketones (excluding diaryl/α,β-unsaturated/α-hetero) is 1. The van der Waals surface area contributed by atoms with Gasteiger partial charge in [-0.3, -0.25) is 19.3 Å². The molecular weight excluding hydrogens is 322 g/mol. The number of ketones is 1. The molecule has 0 aliphatic carbocycles. The summed E-state index contributed by atoms with van der Waals surface area (Å²) in [5, 5.41) is 9.19. The van der Waals surface area contributed by atoms with E-state index in [0.29, 0.717) is 29.0 Å². The van der Waals surface area contributed by atoms with E-state index < -0.39 is 24.5 Å². The first-order chi connectivity index (χ1) is 12.0. The van der Waals surface area contributed by atoms with E-state index in [1.165, 1.54) is 6.07 Å². The molecule has 1 aliphatic heterocycles. The monoisotopic (exact) mass is 339 g/mol. The first-order valence-corrected chi connectivity index (χ1v) is 7.93. The first kappa shape index (κ1) is 16.7. The van der Waals surface area contributed by atoms with Crippen molar-refractivity contribution in [3.8, 4) is 5.75 Å². The number of fused-ring (bicyclic) bond motifs is 1. The second kappa shape index (κ2) is 6.76. The quantitative estimate of drug-likeness (QED) is 0.847. The second-order valence-corrected chi connectivity index (χ2v) is 5.69. The van der Waals surface area contributed by atoms with Gasteiger partial charge in [0, 0.05) is 17.5 Å². The van der Waals surface area contributed by atoms with E-state index in [1.54, 1.807) is 43.3 Å². The Labute approximate surface area is 144 Å². The summed E-state index contributed by atoms with van der Waals surface area (Å²) in [4.78, 5) is 37.2. The zero-order chi connectivity index (χ0) is 18.0. The summed E-state index contributed by atoms with van der Waals surface area (Å²) in [5.41, 5.74) is 1.37. The smallest absolute Gasteiger partial charge is 0.323 e. The van der Waals surface area contributed by atoms with Crippen molar-refractivity contribution >= 4 is 23.3 Å². The highest BCUT2D eigenvalue weighted by atomic mass is 16.5. The molecular formula is C19H17NO5. The van der Waals surface area contributed by atoms with Crippen LogP contribution in [-0.2, 0) is 9.59 Å². The van der Waals surface area contributed by atoms with Gasteiger partial charge in [-0.05, 0) is 18.2 Å². The van der Waals surface area contributed by atoms with Crippen molar-refractivity contribution in [3.05, 3.63) is 59.7 Å². The van der Waals surface area contributed by atoms with Crippen molar-refractivity contribution in [3.63, 3.8) is 0 Å². The highest BCUT2D eigenvalue weighted by Crippen LogP contribution is 2.39. The van der Waals surface area contributed by atoms with Crippen molar-refractivity contribution in [1.82, 2.24) is 0 Å². The molecule has 0 saturated carbocycles. The lowest BCUT2D eigenvalue weighted by atomic mass is 10.0. The average Bonchev–Trinajstić information content (AvgIpc) is 2.63. The second-order valence-electron chi connectivity index (χ2n) is 5.69. The lowest BCUT2D eigenvalue weighted by molar-refractivity contribution is -0.138. The van der Waals surface area contributed by atoms with Gasteiger partial charge in [-0.2, -0.15) is 0 Å². The average molecular weight is 339 g/mol. The maximum atomic E-state index is 12.8. The zero-order valence-electron chi connectivity index (χ0n) is 13.6. The third-order valence-electron chi connectivity index (χ3n) is 4.02. The van der Waals surface area contributed by atoms with Gasteiger partial charge in [0.15, 0.2) is 5.78 Å². The largest absolute Gasteiger partial charge is 0.480 e. The van der Waals surface area contributed by atoms with Gasteiger partial charge in [0.05, 0.1) is 5.69 Å². The van der Waals surface area contributed by atoms with Crippen LogP contribution in [0.3, 0.4) is 0 Å². The Morgan fingerprint density at radius 3 is 2.52 bits per heavy atom. The number of nitrogens with zero attached hydrogens (tertiary/aromatic N) is 1. The van der Waals surface area contributed by atoms with Gasteiger partial charge in [0.1, 0.15) is 12.3 Å². The molecule has 3 rings (SSSR count). The van der Waals surface area contributed by atoms with Gasteiger partial charge in [-0.1, -0.05) is 37.3 Å². The van der Waals surface area contributed by atoms with Crippen molar-refractivity contribution in [2.75, 3.05) is 11.4 Å². The standard InChI is InChI=1S/C19H17NO5/c1-2-15(21)13-8-9-16-14(10-13)20(11-17(22)23)19(24)18(25-16)12-6-4-3-5-7-12/h3-10,18H,2,11H2,1H3,(H,22,23). The molecule has 128 valence electrons. The van der Waals surface area contributed by atoms with E-state index in [0.717, 1.165) is 4.90 Å². The third-order valence-corrected chi connectivity index (χ3v) is 4.02. The van der Waals surface area contributed by atoms with Crippen LogP contribution in [0.4, 0.5) is 5.69 Å². The molecule has 0 spiro atoms. The number of rotatable bonds is 5. The number of aliphatic carboxylic acids is 1. The van der Waals surface area contributed by atoms with Crippen molar-refractivity contribution < 1.29 is 24.2 Å². The molecule has 1 atom stereocenters. The van der Waals surface area contributed by atoms with Gasteiger partial charge in [0.25, 0.3) is 5.91 Å². The van der Waals surface area contributed by atoms with Crippen LogP contribution in [0.25, 0.3) is 0 Å². The van der Waals surface area contributed by atoms with E-state index in [2.05, 4.69) is 0 Å². The van der Waals surface area contributed by atoms with Crippen LogP contribution in [0.1, 0.15) is 35.4 Å². The number of hydrogen-bond donors (Lipinski definition) is 1. The van der Waals surface area contributed by atoms with Gasteiger partial charge >= 0.3 is 5.97 Å². The number of amides is 1. The minimum absolute atomic E-state index is 0.0873. The fraction of sp³-hybridized carbons (Fsp3) is 0.211. The Bertz CT molecular complexity index is 831. The molecule has 6 heteroatoms. The predicted molar refractivity (Wildman–Crippen MR) is 90.9 cm³/mol. The highest BCUT2D eigenvalue weighted by molar-refractivity contribution is 6.05. The summed E-state index contributed by atoms with van der Waals surface area (Å²) in [5.74, 6) is -1.32. The normalized spacial score (nSPS) is 16.1. The number of hydrogen-bond acceptors (Lipinski definition) is 4. The Kier molecular flexibility index (Phi) is 4.52. The minimum atomic E-state index is -1.14. The molecule has 1 aliphatic rings. The van der Waals surface area contributed by atoms with Crippen molar-refractivity contribution in [1.29, 1.82) is 0 Å². The topological polar surface area (TPSA) is 83.9 Å². The Hall–Kier alpha value is -3.15. The first-order valence-electron chi connectivity index (χ1n) is 7.93. The summed E-state index contributed by atoms with van der Waals surface area (Å²) < 4.78 is 5.82. The summed E-state index contributed by atoms with van der Waals surface area (Å²) in [6.45, 7) is 1.24. The van der Waals surface area contributed by atoms with E-state index in [4.69, 9.17) is 4.74 Å². The number of carboxylic acid groups (broad SMARTS) is 1. The fourth-order valence-corrected chi connectivity index (χ4v) is 2.78. The van der Waals surface area contributed by atoms with Gasteiger partial charge in [-0.25, -0.2) is 0 Å². The number of benzene rings is 2. The molecule has 0 saturated heterocycles. The van der Waals surface area contributed by atoms with Crippen LogP contribution in [0.5, 0.6) is 5.75 Å². The van der Waals surface area contributed by atoms with Crippen LogP contribution < -0.4 is 9.64 Å². The Balaban J connectivity index is 2.07. The van der Waals surface area contributed by atoms with Crippen LogP contribution in [0.2, 0.25) is 0 Å². The van der Waals surface area contributed by atoms with E-state index in [1.807, 2.05) is 6.07 Å². The van der Waals surface area contributed by atoms with Crippen molar-refractivity contribution in [2.45, 2.75) is 19.4 Å². The number of carbonyl (C=O) groups is 3. The summed E-state index contributed by atoms with van der Waals surface area (Å²) in [7, 11) is 0. The minimum Gasteiger partial charge on any atom is -0.480 e. The van der Waals surface area contributed by atoms with Gasteiger partial charge < -0.3 is 9.84 Å². The fourth-order valence-electron chi connectivity index (χ4n) is 2.78. The predicted octanol–water partition coefficient (Wildman–Crippen LogP) is 2.83. The molecule has 6 nitrogen and oxygen atoms in total. The summed E-state index contributed by atoms with van der Waals surface area (Å²) >= 11 is 0. The lowest BCUT2D eigenvalue weighted by Gasteiger charge is -2.34. The van der Waals surface area contributed by atoms with Crippen LogP contribution in [0, 0.1) is 0 Å². The Morgan fingerprint density at radius 2 is 1.88 bits per heavy atom. The number of anilines is 1. The molecule has 0 bridgehead atoms. The molecule has 1 heterocycles. The number of carbonyl (C=O) groups excluding carboxylic acids is 2. The van der Waals surface area contributed by atoms with Gasteiger partial charge in [0.2, 0.25) is 6.10 Å². The van der Waals surface area contributed by atoms with Crippen LogP contribution >= 0.6 is 0 Å². The molecule has 2 aromatic carbocycles. The number of carboxylic acids is 1. The number of ether oxygens (including phenoxy) is 1. The van der Waals surface area contributed by atoms with Gasteiger partial charge in [-0.15, -0.1) is 0 Å². The van der Waals surface area contributed by atoms with E-state index in [-0.39, 0.29) is 5.78 Å². The molecule has 0 fully saturated rings. The van der Waals surface area contributed by atoms with Crippen molar-refractivity contribution in [2.24, 2.45) is 0 Å². The molecule has 1 amide bonds. The molecule has 0 aromatic heterocycles.